The molecule has 0 saturated carbocycles. The first kappa shape index (κ1) is 18.9. The van der Waals surface area contributed by atoms with Crippen molar-refractivity contribution in [1.82, 2.24) is 5.43 Å². The number of nitrogen functional groups attached to an aromatic ring is 1. The van der Waals surface area contributed by atoms with Crippen molar-refractivity contribution in [3.8, 4) is 5.75 Å². The number of hydrogen-bond donors (Lipinski definition) is 4. The third kappa shape index (κ3) is 4.05. The maximum atomic E-state index is 12.7. The second-order valence-corrected chi connectivity index (χ2v) is 6.58. The fraction of sp³-hybridized carbons (Fsp3) is 0. The number of fused-ring (bicyclic) bond motifs is 1. The number of aromatic hydroxyl groups is 1. The number of carbonyl (C=O) groups is 1. The van der Waals surface area contributed by atoms with Gasteiger partial charge in [0.25, 0.3) is 5.91 Å². The number of phenols is 1. The molecule has 4 aromatic carbocycles. The molecule has 1 amide bonds. The molecule has 7 heteroatoms. The molecule has 0 radical (unpaired) electrons. The maximum absolute atomic E-state index is 12.7. The number of anilines is 2. The molecule has 0 heterocycles. The van der Waals surface area contributed by atoms with Gasteiger partial charge in [0.1, 0.15) is 5.69 Å². The highest BCUT2D eigenvalue weighted by molar-refractivity contribution is 6.07. The number of nitrogens with two attached hydrogens (primary N) is 1. The van der Waals surface area contributed by atoms with E-state index in [0.29, 0.717) is 16.8 Å². The van der Waals surface area contributed by atoms with E-state index in [0.717, 1.165) is 11.1 Å². The van der Waals surface area contributed by atoms with E-state index in [-0.39, 0.29) is 17.0 Å². The van der Waals surface area contributed by atoms with Crippen LogP contribution in [-0.2, 0) is 0 Å². The van der Waals surface area contributed by atoms with Crippen molar-refractivity contribution >= 4 is 39.4 Å². The highest BCUT2D eigenvalue weighted by atomic mass is 16.3. The molecule has 5 N–H and O–H groups in total. The van der Waals surface area contributed by atoms with Gasteiger partial charge in [0.15, 0.2) is 5.75 Å². The van der Waals surface area contributed by atoms with Gasteiger partial charge in [-0.2, -0.15) is 5.11 Å². The molecule has 0 aliphatic carbocycles. The van der Waals surface area contributed by atoms with Crippen LogP contribution in [0.25, 0.3) is 10.8 Å². The summed E-state index contributed by atoms with van der Waals surface area (Å²) >= 11 is 0. The number of benzene rings is 4. The molecule has 148 valence electrons. The molecule has 30 heavy (non-hydrogen) atoms. The summed E-state index contributed by atoms with van der Waals surface area (Å²) < 4.78 is 0. The van der Waals surface area contributed by atoms with Gasteiger partial charge in [-0.05, 0) is 47.9 Å². The van der Waals surface area contributed by atoms with Gasteiger partial charge in [-0.25, -0.2) is 0 Å². The number of phenolic OH excluding ortho intramolecular Hbond substituents is 1. The molecule has 0 atom stereocenters. The smallest absolute Gasteiger partial charge is 0.273 e. The number of nitrogens with one attached hydrogen (secondary N) is 2. The van der Waals surface area contributed by atoms with Crippen LogP contribution in [0.5, 0.6) is 5.75 Å². The standard InChI is InChI=1S/C23H19N5O2/c24-16-10-12-18(13-11-16)25-27-21-19-9-5-4-6-15(19)14-20(22(21)29)23(30)28-26-17-7-2-1-3-8-17/h1-14,26,29H,24H2,(H,28,30). The Labute approximate surface area is 172 Å². The van der Waals surface area contributed by atoms with E-state index in [4.69, 9.17) is 5.73 Å². The molecular weight excluding hydrogens is 378 g/mol. The predicted molar refractivity (Wildman–Crippen MR) is 118 cm³/mol. The van der Waals surface area contributed by atoms with Crippen molar-refractivity contribution in [2.45, 2.75) is 0 Å². The normalized spacial score (nSPS) is 10.9. The van der Waals surface area contributed by atoms with Crippen LogP contribution in [0.1, 0.15) is 10.4 Å². The fourth-order valence-electron chi connectivity index (χ4n) is 2.96. The molecule has 0 aromatic heterocycles. The third-order valence-corrected chi connectivity index (χ3v) is 4.49. The highest BCUT2D eigenvalue weighted by Gasteiger charge is 2.18. The van der Waals surface area contributed by atoms with Crippen LogP contribution in [0.3, 0.4) is 0 Å². The fourth-order valence-corrected chi connectivity index (χ4v) is 2.96. The van der Waals surface area contributed by atoms with Crippen molar-refractivity contribution in [1.29, 1.82) is 0 Å². The van der Waals surface area contributed by atoms with Gasteiger partial charge in [0, 0.05) is 11.1 Å². The zero-order valence-corrected chi connectivity index (χ0v) is 15.9. The second-order valence-electron chi connectivity index (χ2n) is 6.58. The van der Waals surface area contributed by atoms with Crippen molar-refractivity contribution in [3.05, 3.63) is 90.5 Å². The van der Waals surface area contributed by atoms with E-state index in [2.05, 4.69) is 21.1 Å². The number of rotatable bonds is 5. The molecule has 4 aromatic rings. The van der Waals surface area contributed by atoms with Crippen molar-refractivity contribution < 1.29 is 9.90 Å². The van der Waals surface area contributed by atoms with Gasteiger partial charge in [-0.1, -0.05) is 42.5 Å². The second kappa shape index (κ2) is 8.32. The number of azo groups is 1. The number of carbonyl (C=O) groups excluding carboxylic acids is 1. The first-order valence-corrected chi connectivity index (χ1v) is 9.25. The van der Waals surface area contributed by atoms with Gasteiger partial charge < -0.3 is 10.8 Å². The summed E-state index contributed by atoms with van der Waals surface area (Å²) in [7, 11) is 0. The molecule has 0 aliphatic heterocycles. The molecule has 0 aliphatic rings. The summed E-state index contributed by atoms with van der Waals surface area (Å²) in [5.41, 5.74) is 13.3. The Hall–Kier alpha value is -4.39. The number of amides is 1. The van der Waals surface area contributed by atoms with Crippen LogP contribution in [0, 0.1) is 0 Å². The largest absolute Gasteiger partial charge is 0.505 e. The summed E-state index contributed by atoms with van der Waals surface area (Å²) in [4.78, 5) is 12.7. The zero-order chi connectivity index (χ0) is 20.9. The Bertz CT molecular complexity index is 1220. The Morgan fingerprint density at radius 3 is 2.33 bits per heavy atom. The molecular formula is C23H19N5O2. The number of hydrazine groups is 1. The average molecular weight is 397 g/mol. The topological polar surface area (TPSA) is 112 Å². The van der Waals surface area contributed by atoms with Crippen LogP contribution in [0.4, 0.5) is 22.7 Å². The average Bonchev–Trinajstić information content (AvgIpc) is 2.78. The summed E-state index contributed by atoms with van der Waals surface area (Å²) in [5, 5.41) is 20.7. The lowest BCUT2D eigenvalue weighted by Crippen LogP contribution is -2.29. The molecule has 4 rings (SSSR count). The van der Waals surface area contributed by atoms with Gasteiger partial charge in [0.05, 0.1) is 16.9 Å². The van der Waals surface area contributed by atoms with Crippen molar-refractivity contribution in [2.75, 3.05) is 11.2 Å². The van der Waals surface area contributed by atoms with Gasteiger partial charge in [0.2, 0.25) is 0 Å². The van der Waals surface area contributed by atoms with Crippen LogP contribution in [0.2, 0.25) is 0 Å². The SMILES string of the molecule is Nc1ccc(N=Nc2c(O)c(C(=O)NNc3ccccc3)cc3ccccc23)cc1. The molecule has 0 unspecified atom stereocenters. The number of para-hydroxylation sites is 1. The number of hydrogen-bond acceptors (Lipinski definition) is 6. The van der Waals surface area contributed by atoms with E-state index in [1.807, 2.05) is 54.6 Å². The highest BCUT2D eigenvalue weighted by Crippen LogP contribution is 2.39. The maximum Gasteiger partial charge on any atom is 0.273 e. The summed E-state index contributed by atoms with van der Waals surface area (Å²) in [6.45, 7) is 0. The molecule has 0 fully saturated rings. The quantitative estimate of drug-likeness (QED) is 0.208. The van der Waals surface area contributed by atoms with Gasteiger partial charge >= 0.3 is 0 Å². The van der Waals surface area contributed by atoms with E-state index in [1.165, 1.54) is 0 Å². The van der Waals surface area contributed by atoms with Crippen LogP contribution >= 0.6 is 0 Å². The Balaban J connectivity index is 1.69. The lowest BCUT2D eigenvalue weighted by Gasteiger charge is -2.12. The van der Waals surface area contributed by atoms with Crippen molar-refractivity contribution in [3.63, 3.8) is 0 Å². The summed E-state index contributed by atoms with van der Waals surface area (Å²) in [6.07, 6.45) is 0. The first-order chi connectivity index (χ1) is 14.6. The zero-order valence-electron chi connectivity index (χ0n) is 15.9. The third-order valence-electron chi connectivity index (χ3n) is 4.49. The molecule has 7 nitrogen and oxygen atoms in total. The Kier molecular flexibility index (Phi) is 5.25. The first-order valence-electron chi connectivity index (χ1n) is 9.25. The van der Waals surface area contributed by atoms with E-state index >= 15 is 0 Å². The van der Waals surface area contributed by atoms with Gasteiger partial charge in [-0.15, -0.1) is 5.11 Å². The lowest BCUT2D eigenvalue weighted by atomic mass is 10.0. The Morgan fingerprint density at radius 2 is 1.57 bits per heavy atom. The monoisotopic (exact) mass is 397 g/mol. The predicted octanol–water partition coefficient (Wildman–Crippen LogP) is 5.30. The minimum atomic E-state index is -0.494. The van der Waals surface area contributed by atoms with E-state index < -0.39 is 5.91 Å². The lowest BCUT2D eigenvalue weighted by molar-refractivity contribution is 0.0960. The number of nitrogens with zero attached hydrogens (tertiary/aromatic N) is 2. The minimum Gasteiger partial charge on any atom is -0.505 e. The van der Waals surface area contributed by atoms with Crippen molar-refractivity contribution in [2.24, 2.45) is 10.2 Å². The van der Waals surface area contributed by atoms with Crippen LogP contribution in [-0.4, -0.2) is 11.0 Å². The van der Waals surface area contributed by atoms with Gasteiger partial charge in [-0.3, -0.25) is 15.6 Å². The molecule has 0 bridgehead atoms. The van der Waals surface area contributed by atoms with Crippen LogP contribution in [0.15, 0.2) is 95.2 Å². The summed E-state index contributed by atoms with van der Waals surface area (Å²) in [6, 6.07) is 25.0. The minimum absolute atomic E-state index is 0.0865. The van der Waals surface area contributed by atoms with E-state index in [1.54, 1.807) is 30.3 Å². The molecule has 0 spiro atoms. The summed E-state index contributed by atoms with van der Waals surface area (Å²) in [5.74, 6) is -0.744. The van der Waals surface area contributed by atoms with Crippen LogP contribution < -0.4 is 16.6 Å². The molecule has 0 saturated heterocycles. The Morgan fingerprint density at radius 1 is 0.867 bits per heavy atom. The van der Waals surface area contributed by atoms with E-state index in [9.17, 15) is 9.90 Å².